The average Bonchev–Trinajstić information content (AvgIpc) is 3.00. The number of nitrogens with zero attached hydrogens (tertiary/aromatic N) is 3. The Hall–Kier alpha value is -1.69. The topological polar surface area (TPSA) is 49.2 Å². The molecule has 3 heterocycles. The highest BCUT2D eigenvalue weighted by Gasteiger charge is 2.22. The standard InChI is InChI=1S/C17H16ClN3OS/c18-12-3-1-11(2-4-12)14-9-23-17-15(14)16(19-10-20-17)21-7-5-13(22)6-8-21/h1-4,9-10,13,22H,5-8H2. The zero-order valence-corrected chi connectivity index (χ0v) is 14.0. The maximum Gasteiger partial charge on any atom is 0.141 e. The van der Waals surface area contributed by atoms with Crippen molar-refractivity contribution in [2.75, 3.05) is 18.0 Å². The lowest BCUT2D eigenvalue weighted by Gasteiger charge is -2.31. The number of fused-ring (bicyclic) bond motifs is 1. The molecule has 1 N–H and O–H groups in total. The van der Waals surface area contributed by atoms with Gasteiger partial charge in [0.25, 0.3) is 0 Å². The Morgan fingerprint density at radius 3 is 2.61 bits per heavy atom. The summed E-state index contributed by atoms with van der Waals surface area (Å²) < 4.78 is 0. The van der Waals surface area contributed by atoms with Gasteiger partial charge >= 0.3 is 0 Å². The van der Waals surface area contributed by atoms with Gasteiger partial charge in [-0.3, -0.25) is 0 Å². The van der Waals surface area contributed by atoms with Gasteiger partial charge < -0.3 is 10.0 Å². The van der Waals surface area contributed by atoms with Crippen LogP contribution >= 0.6 is 22.9 Å². The molecule has 1 aliphatic heterocycles. The summed E-state index contributed by atoms with van der Waals surface area (Å²) in [7, 11) is 0. The van der Waals surface area contributed by atoms with Gasteiger partial charge in [-0.1, -0.05) is 23.7 Å². The molecule has 0 unspecified atom stereocenters. The maximum absolute atomic E-state index is 9.74. The Labute approximate surface area is 143 Å². The minimum atomic E-state index is -0.193. The largest absolute Gasteiger partial charge is 0.393 e. The van der Waals surface area contributed by atoms with E-state index in [0.29, 0.717) is 0 Å². The van der Waals surface area contributed by atoms with E-state index in [0.717, 1.165) is 58.1 Å². The lowest BCUT2D eigenvalue weighted by atomic mass is 10.0. The third-order valence-electron chi connectivity index (χ3n) is 4.27. The van der Waals surface area contributed by atoms with Crippen LogP contribution in [0.1, 0.15) is 12.8 Å². The van der Waals surface area contributed by atoms with E-state index < -0.39 is 0 Å². The van der Waals surface area contributed by atoms with Crippen molar-refractivity contribution >= 4 is 39.0 Å². The first kappa shape index (κ1) is 14.9. The van der Waals surface area contributed by atoms with Gasteiger partial charge in [-0.25, -0.2) is 9.97 Å². The molecule has 4 nitrogen and oxygen atoms in total. The summed E-state index contributed by atoms with van der Waals surface area (Å²) in [5.41, 5.74) is 2.26. The third-order valence-corrected chi connectivity index (χ3v) is 5.41. The molecule has 0 radical (unpaired) electrons. The molecule has 6 heteroatoms. The van der Waals surface area contributed by atoms with Crippen molar-refractivity contribution < 1.29 is 5.11 Å². The molecule has 1 aliphatic rings. The van der Waals surface area contributed by atoms with E-state index in [9.17, 15) is 5.11 Å². The summed E-state index contributed by atoms with van der Waals surface area (Å²) >= 11 is 7.64. The lowest BCUT2D eigenvalue weighted by Crippen LogP contribution is -2.36. The second kappa shape index (κ2) is 6.07. The number of thiophene rings is 1. The molecule has 4 rings (SSSR count). The number of halogens is 1. The Balaban J connectivity index is 1.82. The fraction of sp³-hybridized carbons (Fsp3) is 0.294. The molecule has 118 valence electrons. The molecule has 2 aromatic heterocycles. The smallest absolute Gasteiger partial charge is 0.141 e. The first-order valence-electron chi connectivity index (χ1n) is 7.63. The SMILES string of the molecule is OC1CCN(c2ncnc3scc(-c4ccc(Cl)cc4)c23)CC1. The molecule has 3 aromatic rings. The third kappa shape index (κ3) is 2.80. The monoisotopic (exact) mass is 345 g/mol. The van der Waals surface area contributed by atoms with Crippen LogP contribution in [0.2, 0.25) is 5.02 Å². The van der Waals surface area contributed by atoms with Crippen molar-refractivity contribution in [3.05, 3.63) is 41.0 Å². The first-order chi connectivity index (χ1) is 11.2. The van der Waals surface area contributed by atoms with Crippen molar-refractivity contribution in [2.24, 2.45) is 0 Å². The quantitative estimate of drug-likeness (QED) is 0.763. The summed E-state index contributed by atoms with van der Waals surface area (Å²) in [4.78, 5) is 12.2. The Morgan fingerprint density at radius 1 is 1.13 bits per heavy atom. The van der Waals surface area contributed by atoms with E-state index in [1.54, 1.807) is 17.7 Å². The van der Waals surface area contributed by atoms with Crippen LogP contribution in [0.4, 0.5) is 5.82 Å². The predicted molar refractivity (Wildman–Crippen MR) is 95.3 cm³/mol. The lowest BCUT2D eigenvalue weighted by molar-refractivity contribution is 0.145. The molecule has 0 saturated carbocycles. The molecule has 0 spiro atoms. The molecule has 0 aliphatic carbocycles. The fourth-order valence-corrected chi connectivity index (χ4v) is 4.06. The molecule has 1 aromatic carbocycles. The van der Waals surface area contributed by atoms with E-state index in [1.807, 2.05) is 24.3 Å². The van der Waals surface area contributed by atoms with Crippen LogP contribution in [0.15, 0.2) is 36.0 Å². The number of aromatic nitrogens is 2. The second-order valence-corrected chi connectivity index (χ2v) is 7.05. The summed E-state index contributed by atoms with van der Waals surface area (Å²) in [6.07, 6.45) is 3.00. The fourth-order valence-electron chi connectivity index (χ4n) is 3.02. The van der Waals surface area contributed by atoms with Crippen molar-refractivity contribution in [1.82, 2.24) is 9.97 Å². The molecule has 0 atom stereocenters. The van der Waals surface area contributed by atoms with Gasteiger partial charge in [0.2, 0.25) is 0 Å². The molecule has 0 bridgehead atoms. The summed E-state index contributed by atoms with van der Waals surface area (Å²) in [5.74, 6) is 0.966. The number of anilines is 1. The molecule has 1 saturated heterocycles. The number of aliphatic hydroxyl groups excluding tert-OH is 1. The second-order valence-electron chi connectivity index (χ2n) is 5.75. The number of benzene rings is 1. The highest BCUT2D eigenvalue weighted by Crippen LogP contribution is 2.38. The highest BCUT2D eigenvalue weighted by molar-refractivity contribution is 7.17. The van der Waals surface area contributed by atoms with Crippen LogP contribution in [-0.4, -0.2) is 34.3 Å². The first-order valence-corrected chi connectivity index (χ1v) is 8.89. The van der Waals surface area contributed by atoms with E-state index in [4.69, 9.17) is 11.6 Å². The average molecular weight is 346 g/mol. The zero-order valence-electron chi connectivity index (χ0n) is 12.4. The van der Waals surface area contributed by atoms with Crippen molar-refractivity contribution in [3.63, 3.8) is 0 Å². The number of aliphatic hydroxyl groups is 1. The van der Waals surface area contributed by atoms with Crippen LogP contribution in [0.5, 0.6) is 0 Å². The minimum absolute atomic E-state index is 0.193. The highest BCUT2D eigenvalue weighted by atomic mass is 35.5. The Bertz CT molecular complexity index is 825. The van der Waals surface area contributed by atoms with E-state index in [2.05, 4.69) is 20.2 Å². The van der Waals surface area contributed by atoms with Crippen LogP contribution in [-0.2, 0) is 0 Å². The molecule has 1 fully saturated rings. The van der Waals surface area contributed by atoms with Gasteiger partial charge in [-0.05, 0) is 30.5 Å². The van der Waals surface area contributed by atoms with Crippen molar-refractivity contribution in [3.8, 4) is 11.1 Å². The Morgan fingerprint density at radius 2 is 1.87 bits per heavy atom. The summed E-state index contributed by atoms with van der Waals surface area (Å²) in [6, 6.07) is 7.86. The van der Waals surface area contributed by atoms with Gasteiger partial charge in [0.05, 0.1) is 11.5 Å². The van der Waals surface area contributed by atoms with Gasteiger partial charge in [0.1, 0.15) is 17.0 Å². The summed E-state index contributed by atoms with van der Waals surface area (Å²) in [6.45, 7) is 1.65. The minimum Gasteiger partial charge on any atom is -0.393 e. The van der Waals surface area contributed by atoms with E-state index in [-0.39, 0.29) is 6.10 Å². The molecular formula is C17H16ClN3OS. The normalized spacial score (nSPS) is 16.2. The molecule has 23 heavy (non-hydrogen) atoms. The number of rotatable bonds is 2. The van der Waals surface area contributed by atoms with Gasteiger partial charge in [-0.15, -0.1) is 11.3 Å². The number of piperidine rings is 1. The van der Waals surface area contributed by atoms with Crippen molar-refractivity contribution in [2.45, 2.75) is 18.9 Å². The maximum atomic E-state index is 9.74. The molecular weight excluding hydrogens is 330 g/mol. The van der Waals surface area contributed by atoms with Crippen LogP contribution in [0, 0.1) is 0 Å². The van der Waals surface area contributed by atoms with E-state index >= 15 is 0 Å². The van der Waals surface area contributed by atoms with Crippen LogP contribution in [0.25, 0.3) is 21.3 Å². The van der Waals surface area contributed by atoms with Gasteiger partial charge in [0.15, 0.2) is 0 Å². The number of hydrogen-bond acceptors (Lipinski definition) is 5. The zero-order chi connectivity index (χ0) is 15.8. The van der Waals surface area contributed by atoms with Crippen molar-refractivity contribution in [1.29, 1.82) is 0 Å². The van der Waals surface area contributed by atoms with Gasteiger partial charge in [0, 0.05) is 29.1 Å². The molecule has 0 amide bonds. The number of hydrogen-bond donors (Lipinski definition) is 1. The van der Waals surface area contributed by atoms with Crippen LogP contribution in [0.3, 0.4) is 0 Å². The van der Waals surface area contributed by atoms with Gasteiger partial charge in [-0.2, -0.15) is 0 Å². The Kier molecular flexibility index (Phi) is 3.93. The predicted octanol–water partition coefficient (Wildman–Crippen LogP) is 3.97. The summed E-state index contributed by atoms with van der Waals surface area (Å²) in [5, 5.41) is 13.7. The van der Waals surface area contributed by atoms with Crippen LogP contribution < -0.4 is 4.90 Å². The van der Waals surface area contributed by atoms with E-state index in [1.165, 1.54) is 0 Å².